The van der Waals surface area contributed by atoms with E-state index in [0.29, 0.717) is 10.8 Å². The lowest BCUT2D eigenvalue weighted by Crippen LogP contribution is -2.14. The Hall–Kier alpha value is -2.46. The predicted octanol–water partition coefficient (Wildman–Crippen LogP) is 3.84. The molecule has 3 rings (SSSR count). The summed E-state index contributed by atoms with van der Waals surface area (Å²) in [6, 6.07) is 11.0. The van der Waals surface area contributed by atoms with Crippen LogP contribution in [0.4, 0.5) is 5.69 Å². The molecule has 0 radical (unpaired) electrons. The van der Waals surface area contributed by atoms with Gasteiger partial charge in [0.05, 0.1) is 0 Å². The van der Waals surface area contributed by atoms with E-state index in [0.717, 1.165) is 16.3 Å². The fourth-order valence-electron chi connectivity index (χ4n) is 2.07. The number of amides is 1. The molecule has 0 atom stereocenters. The minimum Gasteiger partial charge on any atom is -0.320 e. The fraction of sp³-hybridized carbons (Fsp3) is 0.0625. The molecule has 0 aliphatic heterocycles. The van der Waals surface area contributed by atoms with Crippen molar-refractivity contribution in [3.05, 3.63) is 65.2 Å². The number of anilines is 1. The van der Waals surface area contributed by atoms with Gasteiger partial charge in [0.15, 0.2) is 0 Å². The number of carbonyl (C=O) groups is 1. The van der Waals surface area contributed by atoms with Gasteiger partial charge in [-0.05, 0) is 30.0 Å². The van der Waals surface area contributed by atoms with Crippen molar-refractivity contribution in [3.8, 4) is 0 Å². The van der Waals surface area contributed by atoms with E-state index in [2.05, 4.69) is 15.3 Å². The minimum absolute atomic E-state index is 0.287. The van der Waals surface area contributed by atoms with Gasteiger partial charge in [0, 0.05) is 23.5 Å². The van der Waals surface area contributed by atoms with Crippen molar-refractivity contribution in [2.24, 2.45) is 0 Å². The van der Waals surface area contributed by atoms with Gasteiger partial charge in [-0.1, -0.05) is 35.9 Å². The highest BCUT2D eigenvalue weighted by Gasteiger charge is 2.12. The van der Waals surface area contributed by atoms with E-state index in [4.69, 9.17) is 11.6 Å². The molecule has 104 valence electrons. The van der Waals surface area contributed by atoms with Crippen molar-refractivity contribution >= 4 is 34.0 Å². The molecule has 0 aliphatic rings. The zero-order valence-corrected chi connectivity index (χ0v) is 12.1. The quantitative estimate of drug-likeness (QED) is 0.731. The maximum absolute atomic E-state index is 12.3. The van der Waals surface area contributed by atoms with Gasteiger partial charge in [0.25, 0.3) is 5.91 Å². The standard InChI is InChI=1S/C16H12ClN3O/c1-10-9-18-7-6-13(10)20-16(21)14-8-11-4-2-3-5-12(11)15(17)19-14/h2-9H,1H3,(H,18,20,21). The highest BCUT2D eigenvalue weighted by molar-refractivity contribution is 6.34. The van der Waals surface area contributed by atoms with Gasteiger partial charge in [-0.25, -0.2) is 4.98 Å². The molecular weight excluding hydrogens is 286 g/mol. The number of fused-ring (bicyclic) bond motifs is 1. The lowest BCUT2D eigenvalue weighted by Gasteiger charge is -2.08. The van der Waals surface area contributed by atoms with E-state index in [1.165, 1.54) is 0 Å². The van der Waals surface area contributed by atoms with Crippen LogP contribution >= 0.6 is 11.6 Å². The van der Waals surface area contributed by atoms with E-state index in [-0.39, 0.29) is 11.6 Å². The van der Waals surface area contributed by atoms with E-state index in [9.17, 15) is 4.79 Å². The molecule has 1 aromatic carbocycles. The number of nitrogens with zero attached hydrogens (tertiary/aromatic N) is 2. The number of hydrogen-bond donors (Lipinski definition) is 1. The van der Waals surface area contributed by atoms with Gasteiger partial charge >= 0.3 is 0 Å². The Bertz CT molecular complexity index is 833. The van der Waals surface area contributed by atoms with Gasteiger partial charge in [0.2, 0.25) is 0 Å². The minimum atomic E-state index is -0.294. The third-order valence-electron chi connectivity index (χ3n) is 3.20. The molecule has 0 saturated carbocycles. The Labute approximate surface area is 126 Å². The van der Waals surface area contributed by atoms with Crippen molar-refractivity contribution in [3.63, 3.8) is 0 Å². The normalized spacial score (nSPS) is 10.6. The third-order valence-corrected chi connectivity index (χ3v) is 3.48. The highest BCUT2D eigenvalue weighted by Crippen LogP contribution is 2.23. The Morgan fingerprint density at radius 2 is 2.05 bits per heavy atom. The lowest BCUT2D eigenvalue weighted by molar-refractivity contribution is 0.102. The predicted molar refractivity (Wildman–Crippen MR) is 83.7 cm³/mol. The van der Waals surface area contributed by atoms with Crippen LogP contribution in [-0.4, -0.2) is 15.9 Å². The van der Waals surface area contributed by atoms with Gasteiger partial charge in [0.1, 0.15) is 10.8 Å². The molecule has 3 aromatic rings. The summed E-state index contributed by atoms with van der Waals surface area (Å²) >= 11 is 6.14. The van der Waals surface area contributed by atoms with Gasteiger partial charge in [-0.3, -0.25) is 9.78 Å². The van der Waals surface area contributed by atoms with E-state index in [1.54, 1.807) is 24.5 Å². The Balaban J connectivity index is 1.97. The van der Waals surface area contributed by atoms with Crippen LogP contribution in [0.3, 0.4) is 0 Å². The topological polar surface area (TPSA) is 54.9 Å². The van der Waals surface area contributed by atoms with Crippen LogP contribution in [0.15, 0.2) is 48.8 Å². The summed E-state index contributed by atoms with van der Waals surface area (Å²) in [7, 11) is 0. The second kappa shape index (κ2) is 5.50. The van der Waals surface area contributed by atoms with Crippen LogP contribution in [-0.2, 0) is 0 Å². The molecule has 5 heteroatoms. The monoisotopic (exact) mass is 297 g/mol. The summed E-state index contributed by atoms with van der Waals surface area (Å²) in [5, 5.41) is 4.86. The van der Waals surface area contributed by atoms with Crippen LogP contribution in [0.5, 0.6) is 0 Å². The molecule has 0 fully saturated rings. The van der Waals surface area contributed by atoms with Crippen molar-refractivity contribution in [1.82, 2.24) is 9.97 Å². The fourth-order valence-corrected chi connectivity index (χ4v) is 2.34. The van der Waals surface area contributed by atoms with Crippen LogP contribution in [0, 0.1) is 6.92 Å². The number of aryl methyl sites for hydroxylation is 1. The summed E-state index contributed by atoms with van der Waals surface area (Å²) in [6.07, 6.45) is 3.32. The number of pyridine rings is 2. The second-order valence-corrected chi connectivity index (χ2v) is 5.02. The molecule has 1 amide bonds. The molecule has 2 heterocycles. The number of hydrogen-bond acceptors (Lipinski definition) is 3. The van der Waals surface area contributed by atoms with Crippen molar-refractivity contribution in [2.75, 3.05) is 5.32 Å². The maximum atomic E-state index is 12.3. The molecule has 0 aliphatic carbocycles. The van der Waals surface area contributed by atoms with Crippen LogP contribution in [0.2, 0.25) is 5.15 Å². The summed E-state index contributed by atoms with van der Waals surface area (Å²) in [5.74, 6) is -0.294. The number of halogens is 1. The third kappa shape index (κ3) is 2.71. The number of aromatic nitrogens is 2. The highest BCUT2D eigenvalue weighted by atomic mass is 35.5. The Morgan fingerprint density at radius 3 is 2.86 bits per heavy atom. The summed E-state index contributed by atoms with van der Waals surface area (Å²) < 4.78 is 0. The first-order valence-electron chi connectivity index (χ1n) is 6.42. The summed E-state index contributed by atoms with van der Waals surface area (Å²) in [4.78, 5) is 20.5. The number of benzene rings is 1. The zero-order chi connectivity index (χ0) is 14.8. The van der Waals surface area contributed by atoms with Crippen molar-refractivity contribution < 1.29 is 4.79 Å². The molecule has 2 aromatic heterocycles. The van der Waals surface area contributed by atoms with Crippen molar-refractivity contribution in [1.29, 1.82) is 0 Å². The molecule has 1 N–H and O–H groups in total. The van der Waals surface area contributed by atoms with Crippen LogP contribution in [0.25, 0.3) is 10.8 Å². The van der Waals surface area contributed by atoms with Crippen LogP contribution < -0.4 is 5.32 Å². The lowest BCUT2D eigenvalue weighted by atomic mass is 10.1. The van der Waals surface area contributed by atoms with E-state index in [1.807, 2.05) is 31.2 Å². The van der Waals surface area contributed by atoms with Crippen LogP contribution in [0.1, 0.15) is 16.1 Å². The van der Waals surface area contributed by atoms with Gasteiger partial charge in [-0.2, -0.15) is 0 Å². The summed E-state index contributed by atoms with van der Waals surface area (Å²) in [5.41, 5.74) is 1.88. The number of rotatable bonds is 2. The van der Waals surface area contributed by atoms with E-state index < -0.39 is 0 Å². The molecule has 0 spiro atoms. The number of carbonyl (C=O) groups excluding carboxylic acids is 1. The maximum Gasteiger partial charge on any atom is 0.274 e. The largest absolute Gasteiger partial charge is 0.320 e. The smallest absolute Gasteiger partial charge is 0.274 e. The van der Waals surface area contributed by atoms with Gasteiger partial charge in [-0.15, -0.1) is 0 Å². The average Bonchev–Trinajstić information content (AvgIpc) is 2.49. The zero-order valence-electron chi connectivity index (χ0n) is 11.3. The van der Waals surface area contributed by atoms with Crippen molar-refractivity contribution in [2.45, 2.75) is 6.92 Å². The second-order valence-electron chi connectivity index (χ2n) is 4.66. The Kier molecular flexibility index (Phi) is 3.54. The summed E-state index contributed by atoms with van der Waals surface area (Å²) in [6.45, 7) is 1.88. The molecular formula is C16H12ClN3O. The molecule has 0 unspecified atom stereocenters. The molecule has 0 bridgehead atoms. The first-order chi connectivity index (χ1) is 10.1. The number of nitrogens with one attached hydrogen (secondary N) is 1. The molecule has 4 nitrogen and oxygen atoms in total. The van der Waals surface area contributed by atoms with E-state index >= 15 is 0 Å². The molecule has 21 heavy (non-hydrogen) atoms. The Morgan fingerprint density at radius 1 is 1.24 bits per heavy atom. The van der Waals surface area contributed by atoms with Gasteiger partial charge < -0.3 is 5.32 Å². The first kappa shape index (κ1) is 13.5. The SMILES string of the molecule is Cc1cnccc1NC(=O)c1cc2ccccc2c(Cl)n1. The average molecular weight is 298 g/mol. The molecule has 0 saturated heterocycles. The first-order valence-corrected chi connectivity index (χ1v) is 6.80.